The van der Waals surface area contributed by atoms with E-state index in [0.29, 0.717) is 5.01 Å². The third-order valence-corrected chi connectivity index (χ3v) is 4.27. The Morgan fingerprint density at radius 3 is 2.36 bits per heavy atom. The number of nitrogens with one attached hydrogen (secondary N) is 1. The number of thioether (sulfide) groups is 1. The molecule has 2 amide bonds. The molecule has 0 aromatic rings. The number of aliphatic hydroxyl groups excluding tert-OH is 4. The van der Waals surface area contributed by atoms with E-state index < -0.39 is 48.0 Å². The van der Waals surface area contributed by atoms with Crippen LogP contribution in [0.1, 0.15) is 6.92 Å². The molecule has 10 nitrogen and oxygen atoms in total. The van der Waals surface area contributed by atoms with Crippen LogP contribution in [0.2, 0.25) is 0 Å². The summed E-state index contributed by atoms with van der Waals surface area (Å²) in [4.78, 5) is 22.0. The summed E-state index contributed by atoms with van der Waals surface area (Å²) < 4.78 is 5.47. The highest BCUT2D eigenvalue weighted by molar-refractivity contribution is 7.99. The Balaban J connectivity index is 2.94. The number of ether oxygens (including phenoxy) is 1. The second kappa shape index (κ2) is 8.04. The maximum Gasteiger partial charge on any atom is 0.340 e. The van der Waals surface area contributed by atoms with Crippen LogP contribution in [0.3, 0.4) is 0 Å². The molecular formula is C11H21N3O7S. The molecule has 1 fully saturated rings. The quantitative estimate of drug-likeness (QED) is 0.291. The second-order valence-electron chi connectivity index (χ2n) is 5.00. The van der Waals surface area contributed by atoms with E-state index >= 15 is 0 Å². The van der Waals surface area contributed by atoms with Crippen molar-refractivity contribution in [3.63, 3.8) is 0 Å². The summed E-state index contributed by atoms with van der Waals surface area (Å²) in [5.41, 5.74) is -0.844. The van der Waals surface area contributed by atoms with Crippen molar-refractivity contribution in [2.75, 3.05) is 13.3 Å². The molecule has 22 heavy (non-hydrogen) atoms. The van der Waals surface area contributed by atoms with Gasteiger partial charge in [0, 0.05) is 7.05 Å². The van der Waals surface area contributed by atoms with E-state index in [1.807, 2.05) is 0 Å². The number of hydrogen-bond acceptors (Lipinski definition) is 9. The van der Waals surface area contributed by atoms with Crippen molar-refractivity contribution in [3.8, 4) is 0 Å². The van der Waals surface area contributed by atoms with Crippen molar-refractivity contribution >= 4 is 17.8 Å². The molecule has 0 saturated carbocycles. The third kappa shape index (κ3) is 4.06. The molecule has 0 aromatic heterocycles. The number of nitroso groups, excluding NO2 is 1. The zero-order chi connectivity index (χ0) is 17.0. The maximum absolute atomic E-state index is 11.7. The minimum absolute atomic E-state index is 0.474. The summed E-state index contributed by atoms with van der Waals surface area (Å²) >= 11 is 1.11. The van der Waals surface area contributed by atoms with Gasteiger partial charge in [0.2, 0.25) is 0 Å². The number of carbonyl (C=O) groups is 1. The van der Waals surface area contributed by atoms with Crippen molar-refractivity contribution in [2.45, 2.75) is 48.9 Å². The minimum atomic E-state index is -1.53. The number of rotatable bonds is 5. The number of urea groups is 1. The predicted octanol–water partition coefficient (Wildman–Crippen LogP) is -1.77. The first kappa shape index (κ1) is 19.1. The van der Waals surface area contributed by atoms with E-state index in [2.05, 4.69) is 10.6 Å². The van der Waals surface area contributed by atoms with Gasteiger partial charge in [-0.3, -0.25) is 0 Å². The van der Waals surface area contributed by atoms with Gasteiger partial charge < -0.3 is 30.5 Å². The number of carbonyl (C=O) groups excluding carboxylic acids is 1. The molecule has 0 aliphatic carbocycles. The van der Waals surface area contributed by atoms with E-state index in [9.17, 15) is 30.1 Å². The highest BCUT2D eigenvalue weighted by Crippen LogP contribution is 2.29. The highest BCUT2D eigenvalue weighted by atomic mass is 32.2. The highest BCUT2D eigenvalue weighted by Gasteiger charge is 2.48. The molecule has 0 radical (unpaired) electrons. The lowest BCUT2D eigenvalue weighted by molar-refractivity contribution is -0.209. The van der Waals surface area contributed by atoms with E-state index in [1.165, 1.54) is 6.92 Å². The molecule has 5 N–H and O–H groups in total. The Hall–Kier alpha value is -0.980. The van der Waals surface area contributed by atoms with Gasteiger partial charge in [-0.2, -0.15) is 5.01 Å². The van der Waals surface area contributed by atoms with Gasteiger partial charge in [0.1, 0.15) is 29.9 Å². The van der Waals surface area contributed by atoms with Crippen LogP contribution in [0, 0.1) is 4.91 Å². The molecule has 1 heterocycles. The lowest BCUT2D eigenvalue weighted by Gasteiger charge is -2.43. The van der Waals surface area contributed by atoms with E-state index in [-0.39, 0.29) is 0 Å². The third-order valence-electron chi connectivity index (χ3n) is 3.42. The number of aliphatic hydroxyl groups is 4. The molecule has 128 valence electrons. The van der Waals surface area contributed by atoms with Crippen LogP contribution in [-0.4, -0.2) is 86.8 Å². The molecule has 11 heteroatoms. The van der Waals surface area contributed by atoms with Crippen LogP contribution in [-0.2, 0) is 4.74 Å². The molecule has 1 aliphatic rings. The molecule has 7 atom stereocenters. The second-order valence-corrected chi connectivity index (χ2v) is 5.93. The zero-order valence-electron chi connectivity index (χ0n) is 12.4. The van der Waals surface area contributed by atoms with E-state index in [1.54, 1.807) is 6.26 Å². The summed E-state index contributed by atoms with van der Waals surface area (Å²) in [6, 6.07) is -2.03. The Kier molecular flexibility index (Phi) is 6.97. The molecule has 0 aromatic carbocycles. The average Bonchev–Trinajstić information content (AvgIpc) is 2.49. The first-order valence-electron chi connectivity index (χ1n) is 6.52. The van der Waals surface area contributed by atoms with Gasteiger partial charge in [-0.15, -0.1) is 16.7 Å². The first-order valence-corrected chi connectivity index (χ1v) is 7.81. The number of hydrogen-bond donors (Lipinski definition) is 5. The minimum Gasteiger partial charge on any atom is -0.391 e. The fraction of sp³-hybridized carbons (Fsp3) is 0.909. The van der Waals surface area contributed by atoms with Crippen molar-refractivity contribution < 1.29 is 30.0 Å². The van der Waals surface area contributed by atoms with Crippen molar-refractivity contribution in [2.24, 2.45) is 5.29 Å². The lowest BCUT2D eigenvalue weighted by atomic mass is 9.92. The summed E-state index contributed by atoms with van der Waals surface area (Å²) in [6.45, 7) is 1.35. The summed E-state index contributed by atoms with van der Waals surface area (Å²) in [5.74, 6) is 0. The largest absolute Gasteiger partial charge is 0.391 e. The maximum atomic E-state index is 11.7. The molecule has 1 saturated heterocycles. The van der Waals surface area contributed by atoms with Crippen LogP contribution >= 0.6 is 11.8 Å². The average molecular weight is 339 g/mol. The molecule has 0 bridgehead atoms. The molecular weight excluding hydrogens is 318 g/mol. The molecule has 7 unspecified atom stereocenters. The number of amides is 2. The van der Waals surface area contributed by atoms with Crippen molar-refractivity contribution in [1.82, 2.24) is 10.3 Å². The van der Waals surface area contributed by atoms with Gasteiger partial charge in [-0.05, 0) is 13.2 Å². The SMILES string of the molecule is CSC1OC(C(NC(=O)N(C)N=O)C(C)O)C(O)C(O)C1O. The Bertz CT molecular complexity index is 398. The van der Waals surface area contributed by atoms with Gasteiger partial charge in [0.15, 0.2) is 0 Å². The normalized spacial score (nSPS) is 34.6. The van der Waals surface area contributed by atoms with E-state index in [0.717, 1.165) is 18.8 Å². The van der Waals surface area contributed by atoms with Crippen molar-refractivity contribution in [1.29, 1.82) is 0 Å². The number of nitrogens with zero attached hydrogens (tertiary/aromatic N) is 2. The summed E-state index contributed by atoms with van der Waals surface area (Å²) in [6.07, 6.45) is -5.06. The van der Waals surface area contributed by atoms with Crippen LogP contribution in [0.15, 0.2) is 5.29 Å². The van der Waals surface area contributed by atoms with Crippen LogP contribution in [0.5, 0.6) is 0 Å². The fourth-order valence-corrected chi connectivity index (χ4v) is 2.79. The molecule has 1 rings (SSSR count). The first-order chi connectivity index (χ1) is 10.2. The summed E-state index contributed by atoms with van der Waals surface area (Å²) in [5, 5.41) is 44.7. The smallest absolute Gasteiger partial charge is 0.340 e. The van der Waals surface area contributed by atoms with Crippen LogP contribution < -0.4 is 5.32 Å². The van der Waals surface area contributed by atoms with Crippen LogP contribution in [0.25, 0.3) is 0 Å². The van der Waals surface area contributed by atoms with Crippen LogP contribution in [0.4, 0.5) is 4.79 Å². The van der Waals surface area contributed by atoms with Gasteiger partial charge in [-0.25, -0.2) is 4.79 Å². The Morgan fingerprint density at radius 2 is 1.91 bits per heavy atom. The topological polar surface area (TPSA) is 152 Å². The van der Waals surface area contributed by atoms with Gasteiger partial charge in [0.05, 0.1) is 17.4 Å². The standard InChI is InChI=1S/C11H21N3O7S/c1-4(15)5(12-11(19)14(2)13-20)9-7(17)6(16)8(18)10(21-9)22-3/h4-10,15-18H,1-3H3,(H,12,19). The zero-order valence-corrected chi connectivity index (χ0v) is 13.2. The molecule has 1 aliphatic heterocycles. The fourth-order valence-electron chi connectivity index (χ4n) is 2.12. The van der Waals surface area contributed by atoms with Gasteiger partial charge in [0.25, 0.3) is 0 Å². The van der Waals surface area contributed by atoms with Crippen molar-refractivity contribution in [3.05, 3.63) is 4.91 Å². The lowest BCUT2D eigenvalue weighted by Crippen LogP contribution is -2.65. The Labute approximate surface area is 131 Å². The molecule has 0 spiro atoms. The van der Waals surface area contributed by atoms with Gasteiger partial charge in [-0.1, -0.05) is 0 Å². The van der Waals surface area contributed by atoms with E-state index in [4.69, 9.17) is 4.74 Å². The predicted molar refractivity (Wildman–Crippen MR) is 77.8 cm³/mol. The summed E-state index contributed by atoms with van der Waals surface area (Å²) in [7, 11) is 1.11. The Morgan fingerprint density at radius 1 is 1.32 bits per heavy atom. The monoisotopic (exact) mass is 339 g/mol. The van der Waals surface area contributed by atoms with Gasteiger partial charge >= 0.3 is 6.03 Å².